The molecule has 0 spiro atoms. The molecule has 2 aliphatic rings. The molecule has 0 aromatic carbocycles. The van der Waals surface area contributed by atoms with Crippen LogP contribution in [0, 0.1) is 0 Å². The molecular formula is C14H27IS. The van der Waals surface area contributed by atoms with Gasteiger partial charge in [-0.15, -0.1) is 0 Å². The Bertz CT molecular complexity index is 197. The lowest BCUT2D eigenvalue weighted by atomic mass is 10.1. The molecule has 0 radical (unpaired) electrons. The zero-order valence-electron chi connectivity index (χ0n) is 10.6. The van der Waals surface area contributed by atoms with Gasteiger partial charge in [-0.1, -0.05) is 68.0 Å². The first-order valence-corrected chi connectivity index (χ1v) is 10.1. The molecule has 16 heavy (non-hydrogen) atoms. The average Bonchev–Trinajstić information content (AvgIpc) is 2.67. The zero-order valence-corrected chi connectivity index (χ0v) is 13.7. The van der Waals surface area contributed by atoms with Crippen molar-refractivity contribution in [1.29, 1.82) is 0 Å². The van der Waals surface area contributed by atoms with E-state index in [1.165, 1.54) is 44.9 Å². The van der Waals surface area contributed by atoms with E-state index in [4.69, 9.17) is 0 Å². The maximum absolute atomic E-state index is 2.71. The van der Waals surface area contributed by atoms with Gasteiger partial charge in [0.25, 0.3) is 0 Å². The summed E-state index contributed by atoms with van der Waals surface area (Å²) in [5.41, 5.74) is 0. The van der Waals surface area contributed by atoms with Crippen LogP contribution in [0.4, 0.5) is 0 Å². The second-order valence-corrected chi connectivity index (χ2v) is 10.3. The van der Waals surface area contributed by atoms with Crippen molar-refractivity contribution in [1.82, 2.24) is 0 Å². The highest BCUT2D eigenvalue weighted by atomic mass is 127. The van der Waals surface area contributed by atoms with Gasteiger partial charge in [-0.3, -0.25) is 0 Å². The third-order valence-electron chi connectivity index (χ3n) is 4.50. The normalized spacial score (nSPS) is 41.2. The minimum Gasteiger partial charge on any atom is -0.247 e. The number of hydrogen-bond acceptors (Lipinski definition) is 0. The van der Waals surface area contributed by atoms with Gasteiger partial charge in [-0.05, 0) is 35.5 Å². The van der Waals surface area contributed by atoms with Gasteiger partial charge in [0.2, 0.25) is 0 Å². The molecule has 0 nitrogen and oxygen atoms in total. The molecule has 0 N–H and O–H groups in total. The average molecular weight is 354 g/mol. The molecule has 0 amide bonds. The van der Waals surface area contributed by atoms with Crippen molar-refractivity contribution >= 4 is 33.5 Å². The van der Waals surface area contributed by atoms with Gasteiger partial charge in [0.05, 0.1) is 0 Å². The van der Waals surface area contributed by atoms with Crippen molar-refractivity contribution in [2.45, 2.75) is 79.1 Å². The van der Waals surface area contributed by atoms with E-state index in [2.05, 4.69) is 29.5 Å². The summed E-state index contributed by atoms with van der Waals surface area (Å²) in [5, 5.41) is 2.20. The number of halogens is 1. The maximum atomic E-state index is 2.71. The second-order valence-electron chi connectivity index (χ2n) is 5.64. The molecule has 1 aliphatic heterocycles. The van der Waals surface area contributed by atoms with Crippen LogP contribution >= 0.6 is 33.5 Å². The SMILES string of the molecule is CC1C(I)CC[SH]1C1CCCCCCCC1. The molecule has 2 rings (SSSR count). The van der Waals surface area contributed by atoms with Crippen LogP contribution in [0.2, 0.25) is 0 Å². The number of hydrogen-bond donors (Lipinski definition) is 1. The van der Waals surface area contributed by atoms with Gasteiger partial charge in [-0.2, -0.15) is 0 Å². The summed E-state index contributed by atoms with van der Waals surface area (Å²) in [4.78, 5) is 0. The van der Waals surface area contributed by atoms with Crippen LogP contribution in [0.5, 0.6) is 0 Å². The van der Waals surface area contributed by atoms with E-state index in [-0.39, 0.29) is 0 Å². The Morgan fingerprint density at radius 3 is 1.94 bits per heavy atom. The lowest BCUT2D eigenvalue weighted by Gasteiger charge is -2.32. The van der Waals surface area contributed by atoms with E-state index in [1.807, 2.05) is 0 Å². The van der Waals surface area contributed by atoms with Gasteiger partial charge in [-0.25, -0.2) is 10.9 Å². The van der Waals surface area contributed by atoms with E-state index < -0.39 is 0 Å². The van der Waals surface area contributed by atoms with Gasteiger partial charge in [0.15, 0.2) is 0 Å². The van der Waals surface area contributed by atoms with Crippen LogP contribution in [0.15, 0.2) is 0 Å². The summed E-state index contributed by atoms with van der Waals surface area (Å²) >= 11 is 2.71. The van der Waals surface area contributed by atoms with Crippen molar-refractivity contribution in [2.24, 2.45) is 0 Å². The van der Waals surface area contributed by atoms with Crippen molar-refractivity contribution < 1.29 is 0 Å². The molecule has 1 heterocycles. The van der Waals surface area contributed by atoms with Gasteiger partial charge >= 0.3 is 0 Å². The minimum atomic E-state index is 0.388. The fraction of sp³-hybridized carbons (Fsp3) is 1.00. The van der Waals surface area contributed by atoms with Crippen molar-refractivity contribution in [3.63, 3.8) is 0 Å². The third kappa shape index (κ3) is 3.54. The van der Waals surface area contributed by atoms with Crippen LogP contribution in [-0.4, -0.2) is 20.2 Å². The van der Waals surface area contributed by atoms with Crippen LogP contribution in [0.25, 0.3) is 0 Å². The summed E-state index contributed by atoms with van der Waals surface area (Å²) in [5.74, 6) is 1.59. The van der Waals surface area contributed by atoms with Crippen molar-refractivity contribution in [2.75, 3.05) is 5.75 Å². The highest BCUT2D eigenvalue weighted by Gasteiger charge is 2.32. The zero-order chi connectivity index (χ0) is 11.4. The Balaban J connectivity index is 1.89. The molecule has 2 fully saturated rings. The topological polar surface area (TPSA) is 0 Å². The van der Waals surface area contributed by atoms with E-state index in [0.29, 0.717) is 10.9 Å². The molecule has 0 bridgehead atoms. The smallest absolute Gasteiger partial charge is 0.0217 e. The summed E-state index contributed by atoms with van der Waals surface area (Å²) in [6.07, 6.45) is 13.8. The van der Waals surface area contributed by atoms with E-state index >= 15 is 0 Å². The van der Waals surface area contributed by atoms with Gasteiger partial charge in [0, 0.05) is 3.92 Å². The molecule has 0 aromatic rings. The Morgan fingerprint density at radius 1 is 0.875 bits per heavy atom. The molecule has 3 unspecified atom stereocenters. The molecule has 3 atom stereocenters. The molecule has 0 aromatic heterocycles. The van der Waals surface area contributed by atoms with Crippen molar-refractivity contribution in [3.8, 4) is 0 Å². The lowest BCUT2D eigenvalue weighted by Crippen LogP contribution is -2.17. The number of rotatable bonds is 1. The third-order valence-corrected chi connectivity index (χ3v) is 10.4. The first kappa shape index (κ1) is 13.5. The Hall–Kier alpha value is 1.08. The molecule has 96 valence electrons. The van der Waals surface area contributed by atoms with E-state index in [1.54, 1.807) is 18.6 Å². The minimum absolute atomic E-state index is 0.388. The summed E-state index contributed by atoms with van der Waals surface area (Å²) in [7, 11) is 0.388. The fourth-order valence-corrected chi connectivity index (χ4v) is 9.03. The van der Waals surface area contributed by atoms with E-state index in [0.717, 1.165) is 14.4 Å². The summed E-state index contributed by atoms with van der Waals surface area (Å²) in [6, 6.07) is 0. The Morgan fingerprint density at radius 2 is 1.44 bits per heavy atom. The molecule has 1 saturated carbocycles. The summed E-state index contributed by atoms with van der Waals surface area (Å²) in [6.45, 7) is 2.54. The molecule has 1 saturated heterocycles. The lowest BCUT2D eigenvalue weighted by molar-refractivity contribution is 0.624. The monoisotopic (exact) mass is 354 g/mol. The van der Waals surface area contributed by atoms with Crippen LogP contribution < -0.4 is 0 Å². The predicted molar refractivity (Wildman–Crippen MR) is 86.5 cm³/mol. The summed E-state index contributed by atoms with van der Waals surface area (Å²) < 4.78 is 0.997. The Labute approximate surface area is 118 Å². The highest BCUT2D eigenvalue weighted by Crippen LogP contribution is 2.51. The number of thiol groups is 1. The van der Waals surface area contributed by atoms with Crippen LogP contribution in [0.1, 0.15) is 64.7 Å². The quantitative estimate of drug-likeness (QED) is 0.379. The molecule has 2 heteroatoms. The first-order valence-electron chi connectivity index (χ1n) is 7.19. The predicted octanol–water partition coefficient (Wildman–Crippen LogP) is 5.09. The highest BCUT2D eigenvalue weighted by molar-refractivity contribution is 14.1. The van der Waals surface area contributed by atoms with Crippen LogP contribution in [0.3, 0.4) is 0 Å². The second kappa shape index (κ2) is 6.86. The molecular weight excluding hydrogens is 327 g/mol. The largest absolute Gasteiger partial charge is 0.247 e. The number of alkyl halides is 1. The fourth-order valence-electron chi connectivity index (χ4n) is 3.38. The maximum Gasteiger partial charge on any atom is 0.0217 e. The standard InChI is InChI=1S/C14H27IS/c1-12-14(15)10-11-16(12)13-8-6-4-2-3-5-7-9-13/h12-14,16H,2-11H2,1H3. The van der Waals surface area contributed by atoms with Gasteiger partial charge < -0.3 is 0 Å². The van der Waals surface area contributed by atoms with Crippen LogP contribution in [-0.2, 0) is 0 Å². The van der Waals surface area contributed by atoms with Gasteiger partial charge in [0.1, 0.15) is 0 Å². The first-order chi connectivity index (χ1) is 7.79. The van der Waals surface area contributed by atoms with E-state index in [9.17, 15) is 0 Å². The Kier molecular flexibility index (Phi) is 5.80. The van der Waals surface area contributed by atoms with Crippen molar-refractivity contribution in [3.05, 3.63) is 0 Å². The molecule has 1 aliphatic carbocycles.